The molecule has 2 saturated heterocycles. The summed E-state index contributed by atoms with van der Waals surface area (Å²) in [5, 5.41) is 0. The molecule has 0 N–H and O–H groups in total. The average molecular weight is 374 g/mol. The number of hydrogen-bond acceptors (Lipinski definition) is 5. The SMILES string of the molecule is C[C@H]1CN(C)C(=O)CN1CCOc1ccc(B2OC(C)(C)C(C)(C)O2)cc1. The van der Waals surface area contributed by atoms with E-state index in [1.165, 1.54) is 0 Å². The second-order valence-corrected chi connectivity index (χ2v) is 8.60. The van der Waals surface area contributed by atoms with Crippen LogP contribution in [0.4, 0.5) is 0 Å². The van der Waals surface area contributed by atoms with E-state index in [1.54, 1.807) is 4.90 Å². The number of benzene rings is 1. The maximum absolute atomic E-state index is 11.9. The van der Waals surface area contributed by atoms with Crippen molar-refractivity contribution in [1.29, 1.82) is 0 Å². The Morgan fingerprint density at radius 2 is 1.74 bits per heavy atom. The summed E-state index contributed by atoms with van der Waals surface area (Å²) >= 11 is 0. The third-order valence-electron chi connectivity index (χ3n) is 5.98. The maximum Gasteiger partial charge on any atom is 0.494 e. The van der Waals surface area contributed by atoms with Crippen molar-refractivity contribution in [3.63, 3.8) is 0 Å². The second kappa shape index (κ2) is 7.45. The van der Waals surface area contributed by atoms with Crippen LogP contribution in [0.15, 0.2) is 24.3 Å². The van der Waals surface area contributed by atoms with Gasteiger partial charge in [-0.25, -0.2) is 0 Å². The predicted octanol–water partition coefficient (Wildman–Crippen LogP) is 1.53. The van der Waals surface area contributed by atoms with Gasteiger partial charge in [0.1, 0.15) is 12.4 Å². The van der Waals surface area contributed by atoms with Gasteiger partial charge < -0.3 is 18.9 Å². The number of likely N-dealkylation sites (N-methyl/N-ethyl adjacent to an activating group) is 1. The van der Waals surface area contributed by atoms with E-state index in [9.17, 15) is 4.79 Å². The summed E-state index contributed by atoms with van der Waals surface area (Å²) in [5.41, 5.74) is 0.298. The van der Waals surface area contributed by atoms with Gasteiger partial charge in [-0.15, -0.1) is 0 Å². The van der Waals surface area contributed by atoms with E-state index >= 15 is 0 Å². The Labute approximate surface area is 162 Å². The van der Waals surface area contributed by atoms with Crippen LogP contribution >= 0.6 is 0 Å². The van der Waals surface area contributed by atoms with Gasteiger partial charge in [0.05, 0.1) is 17.7 Å². The molecule has 1 amide bonds. The van der Waals surface area contributed by atoms with Gasteiger partial charge in [0, 0.05) is 26.2 Å². The quantitative estimate of drug-likeness (QED) is 0.732. The zero-order chi connectivity index (χ0) is 19.8. The molecule has 1 aromatic carbocycles. The summed E-state index contributed by atoms with van der Waals surface area (Å²) in [6.07, 6.45) is 0. The minimum atomic E-state index is -0.360. The Bertz CT molecular complexity index is 661. The Morgan fingerprint density at radius 3 is 2.33 bits per heavy atom. The first-order valence-electron chi connectivity index (χ1n) is 9.65. The third kappa shape index (κ3) is 4.31. The lowest BCUT2D eigenvalue weighted by Crippen LogP contribution is -2.54. The number of ether oxygens (including phenoxy) is 1. The molecule has 6 nitrogen and oxygen atoms in total. The van der Waals surface area contributed by atoms with Gasteiger partial charge in [0.15, 0.2) is 0 Å². The highest BCUT2D eigenvalue weighted by molar-refractivity contribution is 6.62. The van der Waals surface area contributed by atoms with Gasteiger partial charge in [0.2, 0.25) is 5.91 Å². The molecular weight excluding hydrogens is 343 g/mol. The second-order valence-electron chi connectivity index (χ2n) is 8.60. The van der Waals surface area contributed by atoms with Crippen LogP contribution in [0.5, 0.6) is 5.75 Å². The van der Waals surface area contributed by atoms with Crippen molar-refractivity contribution in [3.8, 4) is 5.75 Å². The summed E-state index contributed by atoms with van der Waals surface area (Å²) in [7, 11) is 1.50. The number of carbonyl (C=O) groups excluding carboxylic acids is 1. The normalized spacial score (nSPS) is 25.1. The van der Waals surface area contributed by atoms with Crippen molar-refractivity contribution in [3.05, 3.63) is 24.3 Å². The van der Waals surface area contributed by atoms with Crippen LogP contribution in [0.3, 0.4) is 0 Å². The van der Waals surface area contributed by atoms with Gasteiger partial charge >= 0.3 is 7.12 Å². The summed E-state index contributed by atoms with van der Waals surface area (Å²) < 4.78 is 18.0. The molecule has 0 unspecified atom stereocenters. The fourth-order valence-corrected chi connectivity index (χ4v) is 3.34. The van der Waals surface area contributed by atoms with Crippen LogP contribution in [-0.4, -0.2) is 73.4 Å². The summed E-state index contributed by atoms with van der Waals surface area (Å²) in [6, 6.07) is 8.21. The molecule has 2 aliphatic heterocycles. The van der Waals surface area contributed by atoms with E-state index in [1.807, 2.05) is 31.3 Å². The molecule has 2 aliphatic rings. The monoisotopic (exact) mass is 374 g/mol. The summed E-state index contributed by atoms with van der Waals surface area (Å²) in [5.74, 6) is 0.975. The standard InChI is InChI=1S/C20H31BN2O4/c1-15-13-22(6)18(24)14-23(15)11-12-25-17-9-7-16(8-10-17)21-26-19(2,3)20(4,5)27-21/h7-10,15H,11-14H2,1-6H3/t15-/m0/s1. The van der Waals surface area contributed by atoms with Crippen LogP contribution in [0.25, 0.3) is 0 Å². The molecule has 1 aromatic rings. The summed E-state index contributed by atoms with van der Waals surface area (Å²) in [4.78, 5) is 15.8. The van der Waals surface area contributed by atoms with Crippen LogP contribution in [0, 0.1) is 0 Å². The van der Waals surface area contributed by atoms with E-state index in [4.69, 9.17) is 14.0 Å². The minimum absolute atomic E-state index is 0.167. The maximum atomic E-state index is 11.9. The zero-order valence-electron chi connectivity index (χ0n) is 17.3. The average Bonchev–Trinajstić information content (AvgIpc) is 2.81. The molecule has 3 rings (SSSR count). The largest absolute Gasteiger partial charge is 0.494 e. The number of carbonyl (C=O) groups is 1. The first-order valence-corrected chi connectivity index (χ1v) is 9.65. The number of nitrogens with zero attached hydrogens (tertiary/aromatic N) is 2. The molecule has 148 valence electrons. The molecular formula is C20H31BN2O4. The molecule has 1 atom stereocenters. The van der Waals surface area contributed by atoms with Gasteiger partial charge in [-0.1, -0.05) is 12.1 Å². The van der Waals surface area contributed by atoms with E-state index in [-0.39, 0.29) is 24.2 Å². The topological polar surface area (TPSA) is 51.2 Å². The molecule has 0 spiro atoms. The van der Waals surface area contributed by atoms with Crippen molar-refractivity contribution >= 4 is 18.5 Å². The van der Waals surface area contributed by atoms with Crippen LogP contribution in [0.1, 0.15) is 34.6 Å². The van der Waals surface area contributed by atoms with E-state index in [0.717, 1.165) is 24.3 Å². The smallest absolute Gasteiger partial charge is 0.492 e. The minimum Gasteiger partial charge on any atom is -0.492 e. The van der Waals surface area contributed by atoms with Gasteiger partial charge in [-0.2, -0.15) is 0 Å². The van der Waals surface area contributed by atoms with Crippen LogP contribution in [-0.2, 0) is 14.1 Å². The number of piperazine rings is 1. The molecule has 0 bridgehead atoms. The molecule has 0 aromatic heterocycles. The summed E-state index contributed by atoms with van der Waals surface area (Å²) in [6.45, 7) is 12.9. The first-order chi connectivity index (χ1) is 12.6. The fraction of sp³-hybridized carbons (Fsp3) is 0.650. The molecule has 7 heteroatoms. The van der Waals surface area contributed by atoms with E-state index in [2.05, 4.69) is 39.5 Å². The first kappa shape index (κ1) is 20.2. The van der Waals surface area contributed by atoms with Crippen molar-refractivity contribution < 1.29 is 18.8 Å². The molecule has 2 fully saturated rings. The third-order valence-corrected chi connectivity index (χ3v) is 5.98. The van der Waals surface area contributed by atoms with Gasteiger partial charge in [0.25, 0.3) is 0 Å². The van der Waals surface area contributed by atoms with Crippen molar-refractivity contribution in [1.82, 2.24) is 9.80 Å². The van der Waals surface area contributed by atoms with Gasteiger partial charge in [-0.05, 0) is 52.2 Å². The van der Waals surface area contributed by atoms with Crippen molar-refractivity contribution in [2.75, 3.05) is 33.3 Å². The molecule has 2 heterocycles. The highest BCUT2D eigenvalue weighted by Gasteiger charge is 2.51. The molecule has 27 heavy (non-hydrogen) atoms. The predicted molar refractivity (Wildman–Crippen MR) is 106 cm³/mol. The van der Waals surface area contributed by atoms with Crippen LogP contribution in [0.2, 0.25) is 0 Å². The van der Waals surface area contributed by atoms with Crippen molar-refractivity contribution in [2.24, 2.45) is 0 Å². The molecule has 0 radical (unpaired) electrons. The lowest BCUT2D eigenvalue weighted by Gasteiger charge is -2.37. The highest BCUT2D eigenvalue weighted by atomic mass is 16.7. The van der Waals surface area contributed by atoms with Gasteiger partial charge in [-0.3, -0.25) is 9.69 Å². The fourth-order valence-electron chi connectivity index (χ4n) is 3.34. The number of amides is 1. The van der Waals surface area contributed by atoms with E-state index in [0.29, 0.717) is 19.2 Å². The Hall–Kier alpha value is -1.57. The Morgan fingerprint density at radius 1 is 1.15 bits per heavy atom. The highest BCUT2D eigenvalue weighted by Crippen LogP contribution is 2.36. The van der Waals surface area contributed by atoms with Crippen molar-refractivity contribution in [2.45, 2.75) is 51.9 Å². The molecule has 0 aliphatic carbocycles. The lowest BCUT2D eigenvalue weighted by atomic mass is 9.79. The number of rotatable bonds is 5. The van der Waals surface area contributed by atoms with Crippen LogP contribution < -0.4 is 10.2 Å². The zero-order valence-corrected chi connectivity index (χ0v) is 17.3. The Kier molecular flexibility index (Phi) is 5.57. The number of hydrogen-bond donors (Lipinski definition) is 0. The molecule has 0 saturated carbocycles. The Balaban J connectivity index is 1.51. The lowest BCUT2D eigenvalue weighted by molar-refractivity contribution is -0.136. The van der Waals surface area contributed by atoms with E-state index < -0.39 is 0 Å².